The van der Waals surface area contributed by atoms with Gasteiger partial charge in [0.25, 0.3) is 0 Å². The van der Waals surface area contributed by atoms with Crippen molar-refractivity contribution in [1.82, 2.24) is 0 Å². The van der Waals surface area contributed by atoms with Crippen molar-refractivity contribution in [3.05, 3.63) is 24.8 Å². The van der Waals surface area contributed by atoms with Crippen LogP contribution in [0, 0.1) is 6.58 Å². The molecule has 0 rings (SSSR count). The number of rotatable bonds is 1. The minimum atomic E-state index is 0. The summed E-state index contributed by atoms with van der Waals surface area (Å²) in [5.74, 6) is 0. The Morgan fingerprint density at radius 2 is 1.62 bits per heavy atom. The van der Waals surface area contributed by atoms with Crippen LogP contribution in [-0.4, -0.2) is 0 Å². The zero-order valence-electron chi connectivity index (χ0n) is 4.63. The first-order chi connectivity index (χ1) is 2.41. The summed E-state index contributed by atoms with van der Waals surface area (Å²) >= 11 is 0. The van der Waals surface area contributed by atoms with Crippen molar-refractivity contribution in [3.8, 4) is 0 Å². The standard InChI is InChI=1S/C5H7.2ClH.Hf/c1-3-5-4-2;;;/h1,3-5H,2H3;2*1H;/q-1;;;. The van der Waals surface area contributed by atoms with Gasteiger partial charge in [-0.3, -0.25) is 6.58 Å². The van der Waals surface area contributed by atoms with Crippen molar-refractivity contribution in [2.75, 3.05) is 0 Å². The first-order valence-electron chi connectivity index (χ1n) is 1.58. The number of hydrogen-bond acceptors (Lipinski definition) is 0. The quantitative estimate of drug-likeness (QED) is 0.396. The van der Waals surface area contributed by atoms with Crippen molar-refractivity contribution < 1.29 is 25.8 Å². The summed E-state index contributed by atoms with van der Waals surface area (Å²) in [5.41, 5.74) is 0. The van der Waals surface area contributed by atoms with E-state index >= 15 is 0 Å². The molecule has 0 aromatic heterocycles. The van der Waals surface area contributed by atoms with Crippen LogP contribution in [0.15, 0.2) is 18.2 Å². The van der Waals surface area contributed by atoms with Crippen LogP contribution in [0.25, 0.3) is 0 Å². The first kappa shape index (κ1) is 23.1. The summed E-state index contributed by atoms with van der Waals surface area (Å²) in [4.78, 5) is 0. The van der Waals surface area contributed by atoms with Gasteiger partial charge in [0.1, 0.15) is 0 Å². The van der Waals surface area contributed by atoms with E-state index in [2.05, 4.69) is 0 Å². The molecule has 0 saturated carbocycles. The van der Waals surface area contributed by atoms with Crippen molar-refractivity contribution >= 4 is 24.8 Å². The zero-order chi connectivity index (χ0) is 4.12. The molecule has 0 saturated heterocycles. The first-order valence-corrected chi connectivity index (χ1v) is 1.58. The molecule has 0 spiro atoms. The maximum atomic E-state index is 4.93. The minimum Gasteiger partial charge on any atom is -0.293 e. The van der Waals surface area contributed by atoms with Crippen LogP contribution in [0.3, 0.4) is 0 Å². The summed E-state index contributed by atoms with van der Waals surface area (Å²) in [6, 6.07) is 0. The molecule has 0 aromatic carbocycles. The molecular weight excluding hydrogens is 309 g/mol. The van der Waals surface area contributed by atoms with E-state index in [-0.39, 0.29) is 50.7 Å². The van der Waals surface area contributed by atoms with Gasteiger partial charge in [-0.05, 0) is 0 Å². The topological polar surface area (TPSA) is 0 Å². The van der Waals surface area contributed by atoms with Gasteiger partial charge in [0.2, 0.25) is 0 Å². The fourth-order valence-corrected chi connectivity index (χ4v) is 0.111. The molecule has 0 amide bonds. The summed E-state index contributed by atoms with van der Waals surface area (Å²) in [7, 11) is 0. The number of allylic oxidation sites excluding steroid dienone is 3. The van der Waals surface area contributed by atoms with E-state index in [0.717, 1.165) is 0 Å². The predicted octanol–water partition coefficient (Wildman–Crippen LogP) is 2.39. The van der Waals surface area contributed by atoms with Crippen molar-refractivity contribution in [1.29, 1.82) is 0 Å². The summed E-state index contributed by atoms with van der Waals surface area (Å²) < 4.78 is 0. The number of hydrogen-bond donors (Lipinski definition) is 0. The normalized spacial score (nSPS) is 5.62. The Morgan fingerprint density at radius 1 is 1.25 bits per heavy atom. The van der Waals surface area contributed by atoms with Gasteiger partial charge in [-0.1, -0.05) is 6.92 Å². The average Bonchev–Trinajstić information content (AvgIpc) is 1.41. The fraction of sp³-hybridized carbons (Fsp3) is 0.200. The maximum Gasteiger partial charge on any atom is 0 e. The third kappa shape index (κ3) is 28.4. The van der Waals surface area contributed by atoms with E-state index in [4.69, 9.17) is 6.58 Å². The van der Waals surface area contributed by atoms with Crippen LogP contribution in [0.2, 0.25) is 0 Å². The fourth-order valence-electron chi connectivity index (χ4n) is 0.111. The Hall–Kier alpha value is 0.930. The summed E-state index contributed by atoms with van der Waals surface area (Å²) in [5, 5.41) is 0. The Morgan fingerprint density at radius 3 is 1.62 bits per heavy atom. The Bertz CT molecular complexity index is 52.4. The molecule has 0 aliphatic rings. The molecule has 0 radical (unpaired) electrons. The summed E-state index contributed by atoms with van der Waals surface area (Å²) in [6.07, 6.45) is 5.15. The van der Waals surface area contributed by atoms with E-state index in [1.54, 1.807) is 6.08 Å². The van der Waals surface area contributed by atoms with E-state index in [1.165, 1.54) is 6.08 Å². The molecule has 0 unspecified atom stereocenters. The van der Waals surface area contributed by atoms with E-state index in [0.29, 0.717) is 0 Å². The third-order valence-corrected chi connectivity index (χ3v) is 0.304. The van der Waals surface area contributed by atoms with Crippen LogP contribution >= 0.6 is 24.8 Å². The van der Waals surface area contributed by atoms with Crippen LogP contribution in [0.4, 0.5) is 0 Å². The molecule has 0 aliphatic heterocycles. The monoisotopic (exact) mass is 319 g/mol. The smallest absolute Gasteiger partial charge is 0 e. The molecule has 0 heterocycles. The van der Waals surface area contributed by atoms with Crippen LogP contribution in [0.1, 0.15) is 6.92 Å². The Kier molecular flexibility index (Phi) is 71.2. The molecule has 0 nitrogen and oxygen atoms in total. The van der Waals surface area contributed by atoms with Crippen molar-refractivity contribution in [3.63, 3.8) is 0 Å². The van der Waals surface area contributed by atoms with Gasteiger partial charge in [-0.2, -0.15) is 6.08 Å². The zero-order valence-corrected chi connectivity index (χ0v) is 9.85. The van der Waals surface area contributed by atoms with Crippen LogP contribution in [-0.2, 0) is 25.8 Å². The molecule has 0 atom stereocenters. The second-order valence-corrected chi connectivity index (χ2v) is 0.718. The molecule has 0 bridgehead atoms. The Labute approximate surface area is 82.0 Å². The maximum absolute atomic E-state index is 4.93. The van der Waals surface area contributed by atoms with Gasteiger partial charge in [0.15, 0.2) is 0 Å². The van der Waals surface area contributed by atoms with Crippen molar-refractivity contribution in [2.45, 2.75) is 6.92 Å². The third-order valence-electron chi connectivity index (χ3n) is 0.304. The number of halogens is 2. The van der Waals surface area contributed by atoms with Gasteiger partial charge in [-0.25, -0.2) is 12.2 Å². The van der Waals surface area contributed by atoms with Crippen molar-refractivity contribution in [2.24, 2.45) is 0 Å². The van der Waals surface area contributed by atoms with Gasteiger partial charge >= 0.3 is 0 Å². The van der Waals surface area contributed by atoms with Gasteiger partial charge < -0.3 is 0 Å². The van der Waals surface area contributed by atoms with Gasteiger partial charge in [-0.15, -0.1) is 24.8 Å². The van der Waals surface area contributed by atoms with Crippen LogP contribution < -0.4 is 0 Å². The predicted molar refractivity (Wildman–Crippen MR) is 38.2 cm³/mol. The molecule has 0 fully saturated rings. The molecule has 0 aliphatic carbocycles. The molecule has 3 heteroatoms. The SMILES string of the molecule is Cl.Cl.[CH-]=CC=CC.[Hf]. The minimum absolute atomic E-state index is 0. The van der Waals surface area contributed by atoms with Gasteiger partial charge in [0, 0.05) is 25.8 Å². The average molecular weight is 319 g/mol. The largest absolute Gasteiger partial charge is 0.293 e. The molecule has 8 heavy (non-hydrogen) atoms. The molecular formula is C5H9Cl2Hf-. The second-order valence-electron chi connectivity index (χ2n) is 0.718. The van der Waals surface area contributed by atoms with E-state index in [1.807, 2.05) is 13.0 Å². The van der Waals surface area contributed by atoms with Gasteiger partial charge in [0.05, 0.1) is 0 Å². The van der Waals surface area contributed by atoms with E-state index in [9.17, 15) is 0 Å². The molecule has 0 aromatic rings. The summed E-state index contributed by atoms with van der Waals surface area (Å²) in [6.45, 7) is 6.85. The second kappa shape index (κ2) is 24.7. The molecule has 0 N–H and O–H groups in total. The van der Waals surface area contributed by atoms with Crippen LogP contribution in [0.5, 0.6) is 0 Å². The Balaban J connectivity index is -0.0000000267. The molecule has 48 valence electrons. The van der Waals surface area contributed by atoms with E-state index < -0.39 is 0 Å².